The number of carbonyl (C=O) groups is 1. The third-order valence-corrected chi connectivity index (χ3v) is 8.04. The van der Waals surface area contributed by atoms with Gasteiger partial charge in [0.1, 0.15) is 16.8 Å². The largest absolute Gasteiger partial charge is 0.451 e. The number of ether oxygens (including phenoxy) is 1. The number of aliphatic hydroxyl groups excluding tert-OH is 1. The number of pyridine rings is 1. The van der Waals surface area contributed by atoms with Crippen LogP contribution in [0.5, 0.6) is 11.5 Å². The summed E-state index contributed by atoms with van der Waals surface area (Å²) in [5.74, 6) is -0.0994. The number of unbranched alkanes of at least 4 members (excludes halogenated alkanes) is 1. The van der Waals surface area contributed by atoms with Crippen molar-refractivity contribution in [2.24, 2.45) is 11.8 Å². The minimum atomic E-state index is -0.693. The normalized spacial score (nSPS) is 13.6. The van der Waals surface area contributed by atoms with E-state index in [-0.39, 0.29) is 34.9 Å². The lowest BCUT2D eigenvalue weighted by Gasteiger charge is -2.29. The predicted octanol–water partition coefficient (Wildman–Crippen LogP) is 6.76. The van der Waals surface area contributed by atoms with Crippen molar-refractivity contribution in [3.05, 3.63) is 70.3 Å². The quantitative estimate of drug-likeness (QED) is 0.166. The van der Waals surface area contributed by atoms with E-state index in [0.29, 0.717) is 29.4 Å². The molecule has 0 fully saturated rings. The Bertz CT molecular complexity index is 1660. The second-order valence-corrected chi connectivity index (χ2v) is 11.4. The zero-order chi connectivity index (χ0) is 29.3. The van der Waals surface area contributed by atoms with Gasteiger partial charge in [0.15, 0.2) is 17.3 Å². The smallest absolute Gasteiger partial charge is 0.256 e. The topological polar surface area (TPSA) is 92.6 Å². The van der Waals surface area contributed by atoms with E-state index in [2.05, 4.69) is 24.5 Å². The highest BCUT2D eigenvalue weighted by atomic mass is 19.1. The minimum absolute atomic E-state index is 0.0000677. The third kappa shape index (κ3) is 5.53. The maximum atomic E-state index is 15.7. The molecule has 4 aromatic rings. The predicted molar refractivity (Wildman–Crippen MR) is 162 cm³/mol. The summed E-state index contributed by atoms with van der Waals surface area (Å²) in [7, 11) is 0. The minimum Gasteiger partial charge on any atom is -0.451 e. The lowest BCUT2D eigenvalue weighted by atomic mass is 10.0. The Labute approximate surface area is 239 Å². The van der Waals surface area contributed by atoms with Crippen LogP contribution in [0.4, 0.5) is 10.1 Å². The molecule has 1 aliphatic heterocycles. The summed E-state index contributed by atoms with van der Waals surface area (Å²) in [6.45, 7) is 8.40. The number of amides is 1. The van der Waals surface area contributed by atoms with Crippen LogP contribution in [0.25, 0.3) is 27.4 Å². The van der Waals surface area contributed by atoms with Crippen molar-refractivity contribution in [3.63, 3.8) is 0 Å². The monoisotopic (exact) mass is 559 g/mol. The molecular weight excluding hydrogens is 521 g/mol. The number of hydrogen-bond donors (Lipinski definition) is 3. The van der Waals surface area contributed by atoms with Crippen LogP contribution in [0.2, 0.25) is 0 Å². The van der Waals surface area contributed by atoms with Gasteiger partial charge in [-0.3, -0.25) is 9.59 Å². The van der Waals surface area contributed by atoms with E-state index in [0.717, 1.165) is 42.5 Å². The molecule has 0 saturated heterocycles. The molecule has 2 unspecified atom stereocenters. The molecule has 1 aliphatic rings. The number of nitrogens with zero attached hydrogens (tertiary/aromatic N) is 1. The Kier molecular flexibility index (Phi) is 8.31. The SMILES string of the molecule is CCCCC(C)CCNC(=O)c1cn2c3c(c(NC(CO)C(C)C)c(F)cc3c1=O)Oc1cc3ccccc3cc1-2. The zero-order valence-electron chi connectivity index (χ0n) is 24.1. The van der Waals surface area contributed by atoms with Gasteiger partial charge in [0.2, 0.25) is 5.43 Å². The Morgan fingerprint density at radius 1 is 1.10 bits per heavy atom. The van der Waals surface area contributed by atoms with Crippen molar-refractivity contribution in [1.82, 2.24) is 9.88 Å². The Balaban J connectivity index is 1.65. The molecule has 7 nitrogen and oxygen atoms in total. The molecule has 0 spiro atoms. The van der Waals surface area contributed by atoms with Crippen LogP contribution < -0.4 is 20.8 Å². The molecule has 0 radical (unpaired) electrons. The van der Waals surface area contributed by atoms with Crippen molar-refractivity contribution >= 4 is 33.3 Å². The molecule has 1 aromatic heterocycles. The van der Waals surface area contributed by atoms with E-state index in [4.69, 9.17) is 4.74 Å². The Morgan fingerprint density at radius 3 is 2.51 bits per heavy atom. The number of nitrogens with one attached hydrogen (secondary N) is 2. The van der Waals surface area contributed by atoms with Crippen LogP contribution in [0.1, 0.15) is 63.7 Å². The molecule has 2 heterocycles. The summed E-state index contributed by atoms with van der Waals surface area (Å²) in [6, 6.07) is 12.3. The summed E-state index contributed by atoms with van der Waals surface area (Å²) in [6.07, 6.45) is 5.70. The van der Waals surface area contributed by atoms with E-state index in [1.807, 2.05) is 50.2 Å². The summed E-state index contributed by atoms with van der Waals surface area (Å²) < 4.78 is 23.8. The molecule has 1 amide bonds. The number of halogens is 1. The first kappa shape index (κ1) is 28.6. The van der Waals surface area contributed by atoms with Gasteiger partial charge in [-0.25, -0.2) is 4.39 Å². The third-order valence-electron chi connectivity index (χ3n) is 8.04. The number of rotatable bonds is 11. The van der Waals surface area contributed by atoms with Crippen LogP contribution >= 0.6 is 0 Å². The summed E-state index contributed by atoms with van der Waals surface area (Å²) in [5, 5.41) is 17.9. The van der Waals surface area contributed by atoms with E-state index >= 15 is 4.39 Å². The molecule has 3 N–H and O–H groups in total. The van der Waals surface area contributed by atoms with Gasteiger partial charge in [0.25, 0.3) is 5.91 Å². The number of fused-ring (bicyclic) bond motifs is 3. The highest BCUT2D eigenvalue weighted by Gasteiger charge is 2.30. The molecule has 3 aromatic carbocycles. The standard InChI is InChI=1S/C33H38FN3O4/c1-5-6-9-20(4)12-13-35-33(40)24-17-37-27-14-21-10-7-8-11-22(21)15-28(27)41-32-29(36-26(18-38)19(2)3)25(34)16-23(30(32)37)31(24)39/h7-8,10-11,14-17,19-20,26,36,38H,5-6,9,12-13,18H2,1-4H3,(H,35,40). The second-order valence-electron chi connectivity index (χ2n) is 11.4. The molecule has 2 atom stereocenters. The number of aromatic nitrogens is 1. The second kappa shape index (κ2) is 11.9. The van der Waals surface area contributed by atoms with E-state index < -0.39 is 23.2 Å². The highest BCUT2D eigenvalue weighted by molar-refractivity contribution is 6.02. The van der Waals surface area contributed by atoms with E-state index in [9.17, 15) is 14.7 Å². The summed E-state index contributed by atoms with van der Waals surface area (Å²) in [5.41, 5.74) is 0.460. The molecule has 0 aliphatic carbocycles. The lowest BCUT2D eigenvalue weighted by Crippen LogP contribution is -2.32. The fourth-order valence-corrected chi connectivity index (χ4v) is 5.43. The molecule has 216 valence electrons. The number of aliphatic hydroxyl groups is 1. The van der Waals surface area contributed by atoms with Crippen LogP contribution in [-0.4, -0.2) is 34.8 Å². The van der Waals surface area contributed by atoms with Crippen LogP contribution in [0.15, 0.2) is 53.5 Å². The van der Waals surface area contributed by atoms with Gasteiger partial charge >= 0.3 is 0 Å². The summed E-state index contributed by atoms with van der Waals surface area (Å²) >= 11 is 0. The average Bonchev–Trinajstić information content (AvgIpc) is 2.95. The van der Waals surface area contributed by atoms with Gasteiger partial charge < -0.3 is 25.0 Å². The van der Waals surface area contributed by atoms with Crippen LogP contribution in [-0.2, 0) is 0 Å². The number of benzene rings is 3. The summed E-state index contributed by atoms with van der Waals surface area (Å²) in [4.78, 5) is 27.0. The maximum Gasteiger partial charge on any atom is 0.256 e. The average molecular weight is 560 g/mol. The van der Waals surface area contributed by atoms with Gasteiger partial charge in [-0.05, 0) is 47.2 Å². The number of hydrogen-bond acceptors (Lipinski definition) is 5. The molecule has 0 saturated carbocycles. The van der Waals surface area contributed by atoms with Gasteiger partial charge in [-0.15, -0.1) is 0 Å². The Morgan fingerprint density at radius 2 is 1.83 bits per heavy atom. The molecule has 5 rings (SSSR count). The first-order chi connectivity index (χ1) is 19.7. The molecular formula is C33H38FN3O4. The van der Waals surface area contributed by atoms with E-state index in [1.165, 1.54) is 6.20 Å². The molecule has 0 bridgehead atoms. The van der Waals surface area contributed by atoms with Gasteiger partial charge in [-0.2, -0.15) is 0 Å². The zero-order valence-corrected chi connectivity index (χ0v) is 24.1. The molecule has 8 heteroatoms. The van der Waals surface area contributed by atoms with Crippen molar-refractivity contribution in [2.75, 3.05) is 18.5 Å². The van der Waals surface area contributed by atoms with Gasteiger partial charge in [0.05, 0.1) is 23.7 Å². The van der Waals surface area contributed by atoms with Crippen molar-refractivity contribution in [2.45, 2.75) is 59.4 Å². The van der Waals surface area contributed by atoms with Crippen molar-refractivity contribution < 1.29 is 19.0 Å². The van der Waals surface area contributed by atoms with Crippen molar-refractivity contribution in [1.29, 1.82) is 0 Å². The van der Waals surface area contributed by atoms with Gasteiger partial charge in [0, 0.05) is 12.7 Å². The lowest BCUT2D eigenvalue weighted by molar-refractivity contribution is 0.0950. The Hall–Kier alpha value is -3.91. The highest BCUT2D eigenvalue weighted by Crippen LogP contribution is 2.46. The van der Waals surface area contributed by atoms with Crippen molar-refractivity contribution in [3.8, 4) is 17.2 Å². The number of carbonyl (C=O) groups excluding carboxylic acids is 1. The first-order valence-corrected chi connectivity index (χ1v) is 14.5. The number of anilines is 1. The van der Waals surface area contributed by atoms with E-state index in [1.54, 1.807) is 4.57 Å². The fourth-order valence-electron chi connectivity index (χ4n) is 5.43. The molecule has 41 heavy (non-hydrogen) atoms. The van der Waals surface area contributed by atoms with Crippen LogP contribution in [0, 0.1) is 17.7 Å². The first-order valence-electron chi connectivity index (χ1n) is 14.5. The van der Waals surface area contributed by atoms with Gasteiger partial charge in [-0.1, -0.05) is 71.2 Å². The fraction of sp³-hybridized carbons (Fsp3) is 0.394. The van der Waals surface area contributed by atoms with Crippen LogP contribution in [0.3, 0.4) is 0 Å². The maximum absolute atomic E-state index is 15.7.